The Hall–Kier alpha value is -3.17. The number of esters is 1. The largest absolute Gasteiger partial charge is 0.454 e. The number of hydrogen-bond acceptors (Lipinski definition) is 3. The molecule has 0 saturated carbocycles. The summed E-state index contributed by atoms with van der Waals surface area (Å²) >= 11 is 0. The van der Waals surface area contributed by atoms with Gasteiger partial charge in [-0.25, -0.2) is 0 Å². The molecule has 0 spiro atoms. The summed E-state index contributed by atoms with van der Waals surface area (Å²) in [5.74, 6) is -0.175. The van der Waals surface area contributed by atoms with Crippen molar-refractivity contribution in [2.24, 2.45) is 0 Å². The fraction of sp³-hybridized carbons (Fsp3) is 0.192. The molecular weight excluding hydrogens is 358 g/mol. The van der Waals surface area contributed by atoms with Crippen molar-refractivity contribution >= 4 is 12.0 Å². The topological polar surface area (TPSA) is 29.5 Å². The number of carbonyl (C=O) groups excluding carboxylic acids is 1. The maximum absolute atomic E-state index is 12.9. The molecule has 1 heterocycles. The van der Waals surface area contributed by atoms with E-state index < -0.39 is 0 Å². The van der Waals surface area contributed by atoms with Crippen LogP contribution in [0, 0.1) is 0 Å². The second-order valence-corrected chi connectivity index (χ2v) is 7.35. The first kappa shape index (κ1) is 19.2. The molecule has 1 fully saturated rings. The first-order valence-electron chi connectivity index (χ1n) is 9.98. The van der Waals surface area contributed by atoms with E-state index in [1.807, 2.05) is 73.8 Å². The van der Waals surface area contributed by atoms with Gasteiger partial charge in [0.2, 0.25) is 0 Å². The summed E-state index contributed by atoms with van der Waals surface area (Å²) in [6.45, 7) is 0. The highest BCUT2D eigenvalue weighted by Gasteiger charge is 2.42. The molecule has 0 bridgehead atoms. The van der Waals surface area contributed by atoms with Crippen molar-refractivity contribution in [1.82, 2.24) is 4.90 Å². The summed E-state index contributed by atoms with van der Waals surface area (Å²) < 4.78 is 6.01. The van der Waals surface area contributed by atoms with E-state index >= 15 is 0 Å². The number of ether oxygens (including phenoxy) is 1. The predicted octanol–water partition coefficient (Wildman–Crippen LogP) is 5.43. The third-order valence-corrected chi connectivity index (χ3v) is 5.47. The fourth-order valence-corrected chi connectivity index (χ4v) is 3.95. The molecule has 3 heteroatoms. The van der Waals surface area contributed by atoms with Crippen LogP contribution in [0.3, 0.4) is 0 Å². The Morgan fingerprint density at radius 1 is 0.828 bits per heavy atom. The first-order chi connectivity index (χ1) is 14.2. The molecule has 4 rings (SSSR count). The number of benzene rings is 3. The van der Waals surface area contributed by atoms with Crippen molar-refractivity contribution in [3.8, 4) is 0 Å². The second kappa shape index (κ2) is 8.89. The molecule has 146 valence electrons. The lowest BCUT2D eigenvalue weighted by molar-refractivity contribution is -0.173. The minimum atomic E-state index is -0.328. The SMILES string of the molecule is CN1C(c2ccccc2)C(c2ccccc2)OC(=O)[C@H]1C/C=C/c1ccccc1. The number of rotatable bonds is 5. The normalized spacial score (nSPS) is 22.5. The van der Waals surface area contributed by atoms with Gasteiger partial charge < -0.3 is 4.74 Å². The van der Waals surface area contributed by atoms with Gasteiger partial charge in [0.15, 0.2) is 0 Å². The average molecular weight is 383 g/mol. The van der Waals surface area contributed by atoms with Crippen LogP contribution in [0.4, 0.5) is 0 Å². The highest BCUT2D eigenvalue weighted by atomic mass is 16.6. The molecule has 1 aliphatic heterocycles. The van der Waals surface area contributed by atoms with Gasteiger partial charge in [0.25, 0.3) is 0 Å². The Labute approximate surface area is 172 Å². The maximum atomic E-state index is 12.9. The second-order valence-electron chi connectivity index (χ2n) is 7.35. The van der Waals surface area contributed by atoms with E-state index in [4.69, 9.17) is 4.74 Å². The van der Waals surface area contributed by atoms with Crippen LogP contribution in [0.5, 0.6) is 0 Å². The van der Waals surface area contributed by atoms with E-state index in [9.17, 15) is 4.79 Å². The van der Waals surface area contributed by atoms with Crippen LogP contribution in [0.25, 0.3) is 6.08 Å². The minimum Gasteiger partial charge on any atom is -0.454 e. The van der Waals surface area contributed by atoms with Crippen LogP contribution < -0.4 is 0 Å². The zero-order chi connectivity index (χ0) is 20.1. The van der Waals surface area contributed by atoms with Gasteiger partial charge in [0.1, 0.15) is 12.1 Å². The summed E-state index contributed by atoms with van der Waals surface area (Å²) in [7, 11) is 2.02. The molecule has 1 saturated heterocycles. The van der Waals surface area contributed by atoms with Gasteiger partial charge in [-0.15, -0.1) is 0 Å². The van der Waals surface area contributed by atoms with Gasteiger partial charge in [-0.3, -0.25) is 9.69 Å². The average Bonchev–Trinajstić information content (AvgIpc) is 2.77. The van der Waals surface area contributed by atoms with Crippen molar-refractivity contribution in [3.63, 3.8) is 0 Å². The third-order valence-electron chi connectivity index (χ3n) is 5.47. The molecule has 3 atom stereocenters. The fourth-order valence-electron chi connectivity index (χ4n) is 3.95. The summed E-state index contributed by atoms with van der Waals surface area (Å²) in [6, 6.07) is 30.1. The van der Waals surface area contributed by atoms with Crippen molar-refractivity contribution in [2.45, 2.75) is 24.6 Å². The van der Waals surface area contributed by atoms with E-state index in [0.29, 0.717) is 6.42 Å². The minimum absolute atomic E-state index is 0.0357. The maximum Gasteiger partial charge on any atom is 0.324 e. The molecule has 0 amide bonds. The summed E-state index contributed by atoms with van der Waals surface area (Å²) in [6.07, 6.45) is 4.39. The van der Waals surface area contributed by atoms with Crippen LogP contribution in [0.2, 0.25) is 0 Å². The van der Waals surface area contributed by atoms with Crippen molar-refractivity contribution in [2.75, 3.05) is 7.05 Å². The Kier molecular flexibility index (Phi) is 5.87. The standard InChI is InChI=1S/C26H25NO2/c1-27-23(19-11-14-20-12-5-2-6-13-20)26(28)29-25(22-17-9-4-10-18-22)24(27)21-15-7-3-8-16-21/h2-18,23-25H,19H2,1H3/b14-11+/t23-,24?,25?/m1/s1. The molecule has 1 aliphatic rings. The van der Waals surface area contributed by atoms with E-state index in [0.717, 1.165) is 16.7 Å². The molecule has 0 aromatic heterocycles. The zero-order valence-corrected chi connectivity index (χ0v) is 16.5. The predicted molar refractivity (Wildman–Crippen MR) is 116 cm³/mol. The lowest BCUT2D eigenvalue weighted by atomic mass is 9.91. The Balaban J connectivity index is 1.61. The van der Waals surface area contributed by atoms with E-state index in [1.165, 1.54) is 0 Å². The molecule has 3 nitrogen and oxygen atoms in total. The van der Waals surface area contributed by atoms with Gasteiger partial charge in [-0.05, 0) is 30.2 Å². The molecule has 3 aromatic rings. The monoisotopic (exact) mass is 383 g/mol. The van der Waals surface area contributed by atoms with E-state index in [2.05, 4.69) is 41.3 Å². The van der Waals surface area contributed by atoms with Gasteiger partial charge in [0, 0.05) is 0 Å². The van der Waals surface area contributed by atoms with Crippen molar-refractivity contribution < 1.29 is 9.53 Å². The Bertz CT molecular complexity index is 954. The highest BCUT2D eigenvalue weighted by molar-refractivity contribution is 5.77. The van der Waals surface area contributed by atoms with Crippen LogP contribution in [0.15, 0.2) is 97.1 Å². The molecule has 2 unspecified atom stereocenters. The Morgan fingerprint density at radius 2 is 1.38 bits per heavy atom. The smallest absolute Gasteiger partial charge is 0.324 e. The molecular formula is C26H25NO2. The van der Waals surface area contributed by atoms with E-state index in [1.54, 1.807) is 0 Å². The van der Waals surface area contributed by atoms with Crippen LogP contribution in [0.1, 0.15) is 35.3 Å². The zero-order valence-electron chi connectivity index (χ0n) is 16.5. The summed E-state index contributed by atoms with van der Waals surface area (Å²) in [5, 5.41) is 0. The number of cyclic esters (lactones) is 1. The number of carbonyl (C=O) groups is 1. The van der Waals surface area contributed by atoms with Crippen LogP contribution >= 0.6 is 0 Å². The quantitative estimate of drug-likeness (QED) is 0.550. The van der Waals surface area contributed by atoms with Gasteiger partial charge in [0.05, 0.1) is 6.04 Å². The number of morpholine rings is 1. The number of likely N-dealkylation sites (N-methyl/N-ethyl adjacent to an activating group) is 1. The Morgan fingerprint density at radius 3 is 2.00 bits per heavy atom. The number of nitrogens with zero attached hydrogens (tertiary/aromatic N) is 1. The number of hydrogen-bond donors (Lipinski definition) is 0. The van der Waals surface area contributed by atoms with Crippen LogP contribution in [-0.4, -0.2) is 24.0 Å². The van der Waals surface area contributed by atoms with Crippen molar-refractivity contribution in [3.05, 3.63) is 114 Å². The van der Waals surface area contributed by atoms with E-state index in [-0.39, 0.29) is 24.2 Å². The molecule has 0 aliphatic carbocycles. The summed E-state index contributed by atoms with van der Waals surface area (Å²) in [4.78, 5) is 15.1. The third kappa shape index (κ3) is 4.30. The summed E-state index contributed by atoms with van der Waals surface area (Å²) in [5.41, 5.74) is 3.29. The van der Waals surface area contributed by atoms with Gasteiger partial charge in [-0.2, -0.15) is 0 Å². The lowest BCUT2D eigenvalue weighted by Gasteiger charge is -2.43. The van der Waals surface area contributed by atoms with Crippen LogP contribution in [-0.2, 0) is 9.53 Å². The molecule has 0 N–H and O–H groups in total. The molecule has 29 heavy (non-hydrogen) atoms. The molecule has 3 aromatic carbocycles. The lowest BCUT2D eigenvalue weighted by Crippen LogP contribution is -2.49. The van der Waals surface area contributed by atoms with Gasteiger partial charge in [-0.1, -0.05) is 103 Å². The highest BCUT2D eigenvalue weighted by Crippen LogP contribution is 2.41. The van der Waals surface area contributed by atoms with Crippen molar-refractivity contribution in [1.29, 1.82) is 0 Å². The first-order valence-corrected chi connectivity index (χ1v) is 9.98. The molecule has 0 radical (unpaired) electrons. The van der Waals surface area contributed by atoms with Gasteiger partial charge >= 0.3 is 5.97 Å².